The molecule has 1 aliphatic carbocycles. The van der Waals surface area contributed by atoms with Crippen LogP contribution in [-0.4, -0.2) is 5.78 Å². The fraction of sp³-hybridized carbons (Fsp3) is 0.214. The van der Waals surface area contributed by atoms with Crippen molar-refractivity contribution in [3.8, 4) is 0 Å². The lowest BCUT2D eigenvalue weighted by Gasteiger charge is -2.18. The van der Waals surface area contributed by atoms with E-state index in [1.807, 2.05) is 24.3 Å². The normalized spacial score (nSPS) is 18.8. The van der Waals surface area contributed by atoms with Crippen molar-refractivity contribution in [1.29, 1.82) is 0 Å². The van der Waals surface area contributed by atoms with Crippen LogP contribution in [0, 0.1) is 0 Å². The minimum atomic E-state index is 0.184. The van der Waals surface area contributed by atoms with Crippen LogP contribution in [0.2, 0.25) is 0 Å². The van der Waals surface area contributed by atoms with Gasteiger partial charge in [0.15, 0.2) is 5.78 Å². The number of allylic oxidation sites excluding steroid dienone is 2. The lowest BCUT2D eigenvalue weighted by atomic mass is 9.93. The van der Waals surface area contributed by atoms with Crippen molar-refractivity contribution in [2.45, 2.75) is 19.3 Å². The average Bonchev–Trinajstić information content (AvgIpc) is 2.45. The van der Waals surface area contributed by atoms with Crippen LogP contribution >= 0.6 is 0 Å². The van der Waals surface area contributed by atoms with Gasteiger partial charge in [-0.2, -0.15) is 0 Å². The number of Topliss-reactive ketones (excluding diaryl/α,β-unsaturated/α-hetero) is 1. The largest absolute Gasteiger partial charge is 0.357 e. The molecule has 86 valence electrons. The number of benzene rings is 1. The van der Waals surface area contributed by atoms with Crippen LogP contribution in [0.5, 0.6) is 0 Å². The first kappa shape index (κ1) is 10.1. The van der Waals surface area contributed by atoms with Gasteiger partial charge in [0.05, 0.1) is 16.9 Å². The summed E-state index contributed by atoms with van der Waals surface area (Å²) in [5, 5.41) is 6.57. The smallest absolute Gasteiger partial charge is 0.166 e. The molecule has 0 saturated heterocycles. The van der Waals surface area contributed by atoms with Gasteiger partial charge < -0.3 is 10.6 Å². The van der Waals surface area contributed by atoms with E-state index >= 15 is 0 Å². The summed E-state index contributed by atoms with van der Waals surface area (Å²) in [6.07, 6.45) is 2.45. The number of nitrogens with one attached hydrogen (secondary N) is 2. The highest BCUT2D eigenvalue weighted by atomic mass is 16.1. The molecule has 0 atom stereocenters. The van der Waals surface area contributed by atoms with Crippen molar-refractivity contribution >= 4 is 17.2 Å². The second kappa shape index (κ2) is 3.77. The zero-order chi connectivity index (χ0) is 11.8. The van der Waals surface area contributed by atoms with Crippen molar-refractivity contribution in [2.75, 3.05) is 10.6 Å². The van der Waals surface area contributed by atoms with E-state index in [1.165, 1.54) is 0 Å². The molecule has 1 aromatic rings. The van der Waals surface area contributed by atoms with Crippen molar-refractivity contribution in [3.63, 3.8) is 0 Å². The second-order valence-corrected chi connectivity index (χ2v) is 4.40. The first-order valence-electron chi connectivity index (χ1n) is 5.84. The summed E-state index contributed by atoms with van der Waals surface area (Å²) < 4.78 is 0. The quantitative estimate of drug-likeness (QED) is 0.714. The number of rotatable bonds is 0. The molecular formula is C14H14N2O. The summed E-state index contributed by atoms with van der Waals surface area (Å²) in [5.74, 6) is 0.184. The number of fused-ring (bicyclic) bond motifs is 1. The van der Waals surface area contributed by atoms with Crippen LogP contribution in [-0.2, 0) is 4.79 Å². The lowest BCUT2D eigenvalue weighted by Crippen LogP contribution is -2.17. The summed E-state index contributed by atoms with van der Waals surface area (Å²) in [6, 6.07) is 7.93. The fourth-order valence-corrected chi connectivity index (χ4v) is 2.41. The number of hydrogen-bond donors (Lipinski definition) is 2. The van der Waals surface area contributed by atoms with Crippen molar-refractivity contribution in [3.05, 3.63) is 47.8 Å². The van der Waals surface area contributed by atoms with E-state index in [0.717, 1.165) is 35.5 Å². The van der Waals surface area contributed by atoms with Gasteiger partial charge in [-0.3, -0.25) is 4.79 Å². The first-order chi connectivity index (χ1) is 8.25. The summed E-state index contributed by atoms with van der Waals surface area (Å²) in [7, 11) is 0. The Morgan fingerprint density at radius 1 is 1.06 bits per heavy atom. The van der Waals surface area contributed by atoms with E-state index < -0.39 is 0 Å². The van der Waals surface area contributed by atoms with Gasteiger partial charge in [-0.1, -0.05) is 18.7 Å². The second-order valence-electron chi connectivity index (χ2n) is 4.40. The van der Waals surface area contributed by atoms with Crippen LogP contribution in [0.4, 0.5) is 11.4 Å². The van der Waals surface area contributed by atoms with Crippen LogP contribution in [0.15, 0.2) is 47.8 Å². The Balaban J connectivity index is 2.11. The zero-order valence-electron chi connectivity index (χ0n) is 9.55. The van der Waals surface area contributed by atoms with E-state index in [2.05, 4.69) is 17.2 Å². The predicted molar refractivity (Wildman–Crippen MR) is 68.7 cm³/mol. The summed E-state index contributed by atoms with van der Waals surface area (Å²) >= 11 is 0. The number of carbonyl (C=O) groups excluding carboxylic acids is 1. The summed E-state index contributed by atoms with van der Waals surface area (Å²) in [4.78, 5) is 11.9. The molecule has 1 aliphatic heterocycles. The minimum absolute atomic E-state index is 0.184. The molecule has 0 fully saturated rings. The van der Waals surface area contributed by atoms with Crippen LogP contribution in [0.3, 0.4) is 0 Å². The molecule has 3 heteroatoms. The highest BCUT2D eigenvalue weighted by molar-refractivity contribution is 6.03. The zero-order valence-corrected chi connectivity index (χ0v) is 9.55. The van der Waals surface area contributed by atoms with E-state index in [-0.39, 0.29) is 5.78 Å². The molecule has 0 saturated carbocycles. The van der Waals surface area contributed by atoms with E-state index in [1.54, 1.807) is 0 Å². The molecule has 0 aromatic heterocycles. The Bertz CT molecular complexity index is 543. The van der Waals surface area contributed by atoms with Crippen molar-refractivity contribution in [2.24, 2.45) is 0 Å². The Labute approximate surface area is 100 Å². The molecular weight excluding hydrogens is 212 g/mol. The summed E-state index contributed by atoms with van der Waals surface area (Å²) in [5.41, 5.74) is 4.44. The Hall–Kier alpha value is -2.03. The SMILES string of the molecule is C=C1Nc2ccccc2NC2=C1C(=O)CCC2. The maximum Gasteiger partial charge on any atom is 0.166 e. The third kappa shape index (κ3) is 1.64. The monoisotopic (exact) mass is 226 g/mol. The van der Waals surface area contributed by atoms with Crippen LogP contribution in [0.25, 0.3) is 0 Å². The maximum absolute atomic E-state index is 11.9. The van der Waals surface area contributed by atoms with Crippen molar-refractivity contribution in [1.82, 2.24) is 0 Å². The minimum Gasteiger partial charge on any atom is -0.357 e. The Kier molecular flexibility index (Phi) is 2.25. The number of anilines is 2. The van der Waals surface area contributed by atoms with Gasteiger partial charge in [0.2, 0.25) is 0 Å². The number of hydrogen-bond acceptors (Lipinski definition) is 3. The van der Waals surface area contributed by atoms with Gasteiger partial charge in [-0.05, 0) is 25.0 Å². The van der Waals surface area contributed by atoms with E-state index in [4.69, 9.17) is 0 Å². The predicted octanol–water partition coefficient (Wildman–Crippen LogP) is 3.04. The molecule has 0 amide bonds. The molecule has 1 heterocycles. The third-order valence-corrected chi connectivity index (χ3v) is 3.21. The highest BCUT2D eigenvalue weighted by Crippen LogP contribution is 2.35. The Morgan fingerprint density at radius 2 is 1.76 bits per heavy atom. The number of para-hydroxylation sites is 2. The average molecular weight is 226 g/mol. The van der Waals surface area contributed by atoms with Gasteiger partial charge in [0, 0.05) is 17.8 Å². The van der Waals surface area contributed by atoms with Crippen molar-refractivity contribution < 1.29 is 4.79 Å². The molecule has 2 N–H and O–H groups in total. The highest BCUT2D eigenvalue weighted by Gasteiger charge is 2.25. The van der Waals surface area contributed by atoms with E-state index in [0.29, 0.717) is 12.1 Å². The van der Waals surface area contributed by atoms with E-state index in [9.17, 15) is 4.79 Å². The molecule has 0 bridgehead atoms. The van der Waals surface area contributed by atoms with Crippen LogP contribution in [0.1, 0.15) is 19.3 Å². The molecule has 0 spiro atoms. The molecule has 1 aromatic carbocycles. The van der Waals surface area contributed by atoms with Gasteiger partial charge >= 0.3 is 0 Å². The van der Waals surface area contributed by atoms with Gasteiger partial charge in [0.25, 0.3) is 0 Å². The van der Waals surface area contributed by atoms with Gasteiger partial charge in [0.1, 0.15) is 0 Å². The standard InChI is InChI=1S/C14H14N2O/c1-9-14-12(7-4-8-13(14)17)16-11-6-3-2-5-10(11)15-9/h2-3,5-6,15-16H,1,4,7-8H2. The maximum atomic E-state index is 11.9. The molecule has 17 heavy (non-hydrogen) atoms. The van der Waals surface area contributed by atoms with Crippen LogP contribution < -0.4 is 10.6 Å². The summed E-state index contributed by atoms with van der Waals surface area (Å²) in [6.45, 7) is 3.98. The van der Waals surface area contributed by atoms with Gasteiger partial charge in [-0.15, -0.1) is 0 Å². The molecule has 3 rings (SSSR count). The number of carbonyl (C=O) groups is 1. The Morgan fingerprint density at radius 3 is 2.53 bits per heavy atom. The molecule has 0 unspecified atom stereocenters. The molecule has 3 nitrogen and oxygen atoms in total. The fourth-order valence-electron chi connectivity index (χ4n) is 2.41. The molecule has 2 aliphatic rings. The third-order valence-electron chi connectivity index (χ3n) is 3.21. The first-order valence-corrected chi connectivity index (χ1v) is 5.84. The molecule has 0 radical (unpaired) electrons. The van der Waals surface area contributed by atoms with Gasteiger partial charge in [-0.25, -0.2) is 0 Å². The topological polar surface area (TPSA) is 41.1 Å². The number of ketones is 1. The lowest BCUT2D eigenvalue weighted by molar-refractivity contribution is -0.115.